The number of piperazine rings is 1. The first kappa shape index (κ1) is 16.9. The minimum atomic E-state index is 0.894. The number of benzene rings is 2. The standard InChI is InChI=1S/C22H23N5O/c1-15-6-7-19-18(12-15)20-21(25-19)22(24-14-23-20)27-10-8-26(9-11-27)16-4-3-5-17(13-16)28-2/h3-7,12-14,25H,8-11H2,1-2H3. The molecule has 0 radical (unpaired) electrons. The first-order valence-corrected chi connectivity index (χ1v) is 9.60. The Bertz CT molecular complexity index is 1140. The van der Waals surface area contributed by atoms with Crippen LogP contribution in [0.15, 0.2) is 48.8 Å². The average Bonchev–Trinajstić information content (AvgIpc) is 3.12. The second-order valence-electron chi connectivity index (χ2n) is 7.27. The number of hydrogen-bond donors (Lipinski definition) is 1. The maximum absolute atomic E-state index is 5.36. The predicted octanol–water partition coefficient (Wildman–Crippen LogP) is 3.75. The molecule has 0 spiro atoms. The zero-order valence-electron chi connectivity index (χ0n) is 16.1. The zero-order valence-corrected chi connectivity index (χ0v) is 16.1. The van der Waals surface area contributed by atoms with Gasteiger partial charge in [-0.3, -0.25) is 0 Å². The number of rotatable bonds is 3. The third-order valence-electron chi connectivity index (χ3n) is 5.51. The summed E-state index contributed by atoms with van der Waals surface area (Å²) in [7, 11) is 1.71. The van der Waals surface area contributed by atoms with Crippen LogP contribution in [0, 0.1) is 6.92 Å². The van der Waals surface area contributed by atoms with Gasteiger partial charge in [-0.15, -0.1) is 0 Å². The van der Waals surface area contributed by atoms with Crippen molar-refractivity contribution >= 4 is 33.4 Å². The second kappa shape index (κ2) is 6.71. The number of fused-ring (bicyclic) bond motifs is 3. The molecule has 1 fully saturated rings. The number of nitrogens with zero attached hydrogens (tertiary/aromatic N) is 4. The maximum Gasteiger partial charge on any atom is 0.156 e. The molecule has 0 atom stereocenters. The summed E-state index contributed by atoms with van der Waals surface area (Å²) >= 11 is 0. The van der Waals surface area contributed by atoms with Crippen LogP contribution in [0.5, 0.6) is 5.75 Å². The Kier molecular flexibility index (Phi) is 4.04. The number of ether oxygens (including phenoxy) is 1. The van der Waals surface area contributed by atoms with Gasteiger partial charge < -0.3 is 19.5 Å². The van der Waals surface area contributed by atoms with Crippen LogP contribution in [0.25, 0.3) is 21.9 Å². The lowest BCUT2D eigenvalue weighted by Gasteiger charge is -2.36. The molecule has 28 heavy (non-hydrogen) atoms. The van der Waals surface area contributed by atoms with E-state index in [1.165, 1.54) is 11.3 Å². The molecule has 1 saturated heterocycles. The molecule has 5 rings (SSSR count). The van der Waals surface area contributed by atoms with Gasteiger partial charge in [0.25, 0.3) is 0 Å². The van der Waals surface area contributed by atoms with Crippen LogP contribution < -0.4 is 14.5 Å². The maximum atomic E-state index is 5.36. The summed E-state index contributed by atoms with van der Waals surface area (Å²) in [5, 5.41) is 1.16. The van der Waals surface area contributed by atoms with Gasteiger partial charge in [0.1, 0.15) is 23.1 Å². The number of aromatic nitrogens is 3. The molecule has 4 aromatic rings. The summed E-state index contributed by atoms with van der Waals surface area (Å²) in [5.74, 6) is 1.88. The van der Waals surface area contributed by atoms with E-state index in [1.807, 2.05) is 12.1 Å². The zero-order chi connectivity index (χ0) is 19.1. The summed E-state index contributed by atoms with van der Waals surface area (Å²) in [6, 6.07) is 14.7. The molecule has 6 nitrogen and oxygen atoms in total. The molecule has 2 aromatic heterocycles. The third kappa shape index (κ3) is 2.81. The van der Waals surface area contributed by atoms with Gasteiger partial charge >= 0.3 is 0 Å². The molecule has 0 aliphatic carbocycles. The number of aromatic amines is 1. The molecule has 1 aliphatic rings. The highest BCUT2D eigenvalue weighted by molar-refractivity contribution is 6.08. The van der Waals surface area contributed by atoms with E-state index < -0.39 is 0 Å². The van der Waals surface area contributed by atoms with Gasteiger partial charge in [-0.05, 0) is 31.2 Å². The van der Waals surface area contributed by atoms with E-state index in [-0.39, 0.29) is 0 Å². The molecule has 0 saturated carbocycles. The van der Waals surface area contributed by atoms with Gasteiger partial charge in [0.05, 0.1) is 7.11 Å². The minimum absolute atomic E-state index is 0.894. The summed E-state index contributed by atoms with van der Waals surface area (Å²) in [6.45, 7) is 5.82. The molecule has 6 heteroatoms. The molecular formula is C22H23N5O. The number of anilines is 2. The lowest BCUT2D eigenvalue weighted by atomic mass is 10.1. The second-order valence-corrected chi connectivity index (χ2v) is 7.27. The molecule has 2 aromatic carbocycles. The molecule has 0 bridgehead atoms. The monoisotopic (exact) mass is 373 g/mol. The first-order valence-electron chi connectivity index (χ1n) is 9.60. The normalized spacial score (nSPS) is 14.8. The third-order valence-corrected chi connectivity index (χ3v) is 5.51. The van der Waals surface area contributed by atoms with Crippen molar-refractivity contribution in [3.05, 3.63) is 54.4 Å². The van der Waals surface area contributed by atoms with Crippen molar-refractivity contribution in [2.24, 2.45) is 0 Å². The van der Waals surface area contributed by atoms with Crippen molar-refractivity contribution in [3.8, 4) is 5.75 Å². The molecule has 1 N–H and O–H groups in total. The van der Waals surface area contributed by atoms with Crippen molar-refractivity contribution in [3.63, 3.8) is 0 Å². The van der Waals surface area contributed by atoms with Crippen LogP contribution in [0.1, 0.15) is 5.56 Å². The summed E-state index contributed by atoms with van der Waals surface area (Å²) < 4.78 is 5.36. The van der Waals surface area contributed by atoms with Gasteiger partial charge in [-0.25, -0.2) is 9.97 Å². The highest BCUT2D eigenvalue weighted by atomic mass is 16.5. The molecule has 0 amide bonds. The van der Waals surface area contributed by atoms with Crippen molar-refractivity contribution in [2.45, 2.75) is 6.92 Å². The van der Waals surface area contributed by atoms with E-state index in [9.17, 15) is 0 Å². The van der Waals surface area contributed by atoms with Crippen LogP contribution in [-0.4, -0.2) is 48.2 Å². The lowest BCUT2D eigenvalue weighted by molar-refractivity contribution is 0.414. The fraction of sp³-hybridized carbons (Fsp3) is 0.273. The van der Waals surface area contributed by atoms with Crippen molar-refractivity contribution < 1.29 is 4.74 Å². The smallest absolute Gasteiger partial charge is 0.156 e. The molecular weight excluding hydrogens is 350 g/mol. The van der Waals surface area contributed by atoms with Crippen LogP contribution >= 0.6 is 0 Å². The van der Waals surface area contributed by atoms with Crippen LogP contribution in [0.3, 0.4) is 0 Å². The van der Waals surface area contributed by atoms with Gasteiger partial charge in [0.15, 0.2) is 5.82 Å². The average molecular weight is 373 g/mol. The largest absolute Gasteiger partial charge is 0.497 e. The van der Waals surface area contributed by atoms with E-state index in [0.717, 1.165) is 59.7 Å². The fourth-order valence-electron chi connectivity index (χ4n) is 4.02. The quantitative estimate of drug-likeness (QED) is 0.593. The van der Waals surface area contributed by atoms with Crippen LogP contribution in [0.2, 0.25) is 0 Å². The topological polar surface area (TPSA) is 57.3 Å². The summed E-state index contributed by atoms with van der Waals surface area (Å²) in [6.07, 6.45) is 1.68. The Morgan fingerprint density at radius 2 is 1.79 bits per heavy atom. The van der Waals surface area contributed by atoms with Gasteiger partial charge in [0, 0.05) is 48.8 Å². The number of hydrogen-bond acceptors (Lipinski definition) is 5. The fourth-order valence-corrected chi connectivity index (χ4v) is 4.02. The van der Waals surface area contributed by atoms with Gasteiger partial charge in [-0.2, -0.15) is 0 Å². The first-order chi connectivity index (χ1) is 13.7. The van der Waals surface area contributed by atoms with Crippen molar-refractivity contribution in [1.29, 1.82) is 0 Å². The molecule has 0 unspecified atom stereocenters. The van der Waals surface area contributed by atoms with Crippen molar-refractivity contribution in [1.82, 2.24) is 15.0 Å². The van der Waals surface area contributed by atoms with Gasteiger partial charge in [-0.1, -0.05) is 17.7 Å². The lowest BCUT2D eigenvalue weighted by Crippen LogP contribution is -2.47. The Hall–Kier alpha value is -3.28. The number of nitrogens with one attached hydrogen (secondary N) is 1. The van der Waals surface area contributed by atoms with Crippen LogP contribution in [-0.2, 0) is 0 Å². The summed E-state index contributed by atoms with van der Waals surface area (Å²) in [5.41, 5.74) is 5.57. The SMILES string of the molecule is COc1cccc(N2CCN(c3ncnc4c3[nH]c3ccc(C)cc34)CC2)c1. The van der Waals surface area contributed by atoms with E-state index in [1.54, 1.807) is 13.4 Å². The van der Waals surface area contributed by atoms with Gasteiger partial charge in [0.2, 0.25) is 0 Å². The predicted molar refractivity (Wildman–Crippen MR) is 114 cm³/mol. The Labute approximate surface area is 163 Å². The van der Waals surface area contributed by atoms with Crippen molar-refractivity contribution in [2.75, 3.05) is 43.1 Å². The van der Waals surface area contributed by atoms with E-state index in [4.69, 9.17) is 4.74 Å². The van der Waals surface area contributed by atoms with E-state index >= 15 is 0 Å². The van der Waals surface area contributed by atoms with E-state index in [0.29, 0.717) is 0 Å². The Balaban J connectivity index is 1.43. The Morgan fingerprint density at radius 3 is 2.61 bits per heavy atom. The minimum Gasteiger partial charge on any atom is -0.497 e. The molecule has 142 valence electrons. The number of H-pyrrole nitrogens is 1. The highest BCUT2D eigenvalue weighted by Crippen LogP contribution is 2.31. The number of aryl methyl sites for hydroxylation is 1. The Morgan fingerprint density at radius 1 is 0.964 bits per heavy atom. The number of methoxy groups -OCH3 is 1. The summed E-state index contributed by atoms with van der Waals surface area (Å²) in [4.78, 5) is 17.4. The molecule has 3 heterocycles. The molecule has 1 aliphatic heterocycles. The van der Waals surface area contributed by atoms with Crippen LogP contribution in [0.4, 0.5) is 11.5 Å². The van der Waals surface area contributed by atoms with E-state index in [2.05, 4.69) is 62.0 Å². The highest BCUT2D eigenvalue weighted by Gasteiger charge is 2.22.